The summed E-state index contributed by atoms with van der Waals surface area (Å²) in [6.45, 7) is 4.90. The maximum atomic E-state index is 11.9. The van der Waals surface area contributed by atoms with Gasteiger partial charge < -0.3 is 14.8 Å². The minimum Gasteiger partial charge on any atom is -0.496 e. The molecule has 0 saturated heterocycles. The van der Waals surface area contributed by atoms with Gasteiger partial charge in [0.05, 0.1) is 13.7 Å². The Hall–Kier alpha value is -2.75. The third-order valence-corrected chi connectivity index (χ3v) is 3.56. The van der Waals surface area contributed by atoms with Crippen molar-refractivity contribution in [3.05, 3.63) is 65.2 Å². The molecule has 0 aliphatic heterocycles. The lowest BCUT2D eigenvalue weighted by molar-refractivity contribution is -0.116. The van der Waals surface area contributed by atoms with Crippen molar-refractivity contribution in [2.45, 2.75) is 13.8 Å². The fourth-order valence-corrected chi connectivity index (χ4v) is 2.23. The summed E-state index contributed by atoms with van der Waals surface area (Å²) in [4.78, 5) is 11.9. The van der Waals surface area contributed by atoms with E-state index in [-0.39, 0.29) is 5.91 Å². The molecule has 0 bridgehead atoms. The van der Waals surface area contributed by atoms with E-state index in [1.165, 1.54) is 6.08 Å². The number of amides is 1. The van der Waals surface area contributed by atoms with Gasteiger partial charge in [-0.25, -0.2) is 0 Å². The minimum absolute atomic E-state index is 0.162. The highest BCUT2D eigenvalue weighted by atomic mass is 16.5. The second kappa shape index (κ2) is 8.77. The fourth-order valence-electron chi connectivity index (χ4n) is 2.23. The van der Waals surface area contributed by atoms with E-state index in [1.807, 2.05) is 56.3 Å². The van der Waals surface area contributed by atoms with Gasteiger partial charge in [-0.3, -0.25) is 4.79 Å². The standard InChI is InChI=1S/C20H23NO3/c1-15-8-9-16(2)19(14-15)24-13-12-21-20(22)11-10-17-6-4-5-7-18(17)23-3/h4-11,14H,12-13H2,1-3H3,(H,21,22)/b11-10+. The third-order valence-electron chi connectivity index (χ3n) is 3.56. The molecule has 0 spiro atoms. The number of carbonyl (C=O) groups is 1. The van der Waals surface area contributed by atoms with Gasteiger partial charge in [0.1, 0.15) is 18.1 Å². The van der Waals surface area contributed by atoms with Crippen LogP contribution in [0.15, 0.2) is 48.5 Å². The minimum atomic E-state index is -0.162. The maximum Gasteiger partial charge on any atom is 0.244 e. The largest absolute Gasteiger partial charge is 0.496 e. The first-order valence-corrected chi connectivity index (χ1v) is 7.89. The quantitative estimate of drug-likeness (QED) is 0.626. The molecule has 126 valence electrons. The zero-order valence-corrected chi connectivity index (χ0v) is 14.3. The van der Waals surface area contributed by atoms with E-state index < -0.39 is 0 Å². The number of para-hydroxylation sites is 1. The number of benzene rings is 2. The van der Waals surface area contributed by atoms with Crippen molar-refractivity contribution in [1.29, 1.82) is 0 Å². The van der Waals surface area contributed by atoms with Crippen molar-refractivity contribution in [2.75, 3.05) is 20.3 Å². The molecule has 2 aromatic carbocycles. The van der Waals surface area contributed by atoms with Crippen molar-refractivity contribution in [1.82, 2.24) is 5.32 Å². The van der Waals surface area contributed by atoms with E-state index in [2.05, 4.69) is 5.32 Å². The van der Waals surface area contributed by atoms with Crippen LogP contribution >= 0.6 is 0 Å². The molecule has 0 aromatic heterocycles. The van der Waals surface area contributed by atoms with Crippen LogP contribution < -0.4 is 14.8 Å². The monoisotopic (exact) mass is 325 g/mol. The summed E-state index contributed by atoms with van der Waals surface area (Å²) in [7, 11) is 1.61. The van der Waals surface area contributed by atoms with E-state index in [1.54, 1.807) is 13.2 Å². The second-order valence-electron chi connectivity index (χ2n) is 5.48. The molecule has 4 nitrogen and oxygen atoms in total. The molecule has 0 radical (unpaired) electrons. The lowest BCUT2D eigenvalue weighted by atomic mass is 10.1. The van der Waals surface area contributed by atoms with Crippen molar-refractivity contribution >= 4 is 12.0 Å². The Kier molecular flexibility index (Phi) is 6.43. The molecule has 0 fully saturated rings. The maximum absolute atomic E-state index is 11.9. The van der Waals surface area contributed by atoms with Gasteiger partial charge >= 0.3 is 0 Å². The average Bonchev–Trinajstić information content (AvgIpc) is 2.60. The molecule has 2 rings (SSSR count). The zero-order valence-electron chi connectivity index (χ0n) is 14.3. The molecule has 1 amide bonds. The van der Waals surface area contributed by atoms with Crippen LogP contribution in [-0.4, -0.2) is 26.2 Å². The van der Waals surface area contributed by atoms with Gasteiger partial charge in [0.25, 0.3) is 0 Å². The highest BCUT2D eigenvalue weighted by Crippen LogP contribution is 2.19. The summed E-state index contributed by atoms with van der Waals surface area (Å²) in [5.74, 6) is 1.43. The van der Waals surface area contributed by atoms with Crippen LogP contribution in [0.2, 0.25) is 0 Å². The number of rotatable bonds is 7. The van der Waals surface area contributed by atoms with E-state index in [9.17, 15) is 4.79 Å². The SMILES string of the molecule is COc1ccccc1/C=C/C(=O)NCCOc1cc(C)ccc1C. The van der Waals surface area contributed by atoms with Gasteiger partial charge in [-0.2, -0.15) is 0 Å². The number of ether oxygens (including phenoxy) is 2. The summed E-state index contributed by atoms with van der Waals surface area (Å²) >= 11 is 0. The first-order chi connectivity index (χ1) is 11.6. The second-order valence-corrected chi connectivity index (χ2v) is 5.48. The molecule has 1 N–H and O–H groups in total. The molecule has 24 heavy (non-hydrogen) atoms. The molecule has 0 heterocycles. The number of aryl methyl sites for hydroxylation is 2. The van der Waals surface area contributed by atoms with Crippen LogP contribution in [0, 0.1) is 13.8 Å². The van der Waals surface area contributed by atoms with E-state index in [4.69, 9.17) is 9.47 Å². The van der Waals surface area contributed by atoms with Gasteiger partial charge in [-0.15, -0.1) is 0 Å². The Labute approximate surface area is 143 Å². The van der Waals surface area contributed by atoms with Crippen LogP contribution in [0.3, 0.4) is 0 Å². The summed E-state index contributed by atoms with van der Waals surface area (Å²) in [6, 6.07) is 13.6. The Balaban J connectivity index is 1.79. The van der Waals surface area contributed by atoms with E-state index in [0.29, 0.717) is 13.2 Å². The Morgan fingerprint density at radius 2 is 1.92 bits per heavy atom. The Bertz CT molecular complexity index is 723. The molecule has 4 heteroatoms. The molecule has 0 unspecified atom stereocenters. The highest BCUT2D eigenvalue weighted by molar-refractivity contribution is 5.92. The van der Waals surface area contributed by atoms with E-state index in [0.717, 1.165) is 28.2 Å². The number of hydrogen-bond donors (Lipinski definition) is 1. The van der Waals surface area contributed by atoms with Crippen LogP contribution in [0.25, 0.3) is 6.08 Å². The van der Waals surface area contributed by atoms with Crippen molar-refractivity contribution in [2.24, 2.45) is 0 Å². The van der Waals surface area contributed by atoms with Gasteiger partial charge in [-0.05, 0) is 43.2 Å². The van der Waals surface area contributed by atoms with Gasteiger partial charge in [0.15, 0.2) is 0 Å². The van der Waals surface area contributed by atoms with Crippen LogP contribution in [0.1, 0.15) is 16.7 Å². The van der Waals surface area contributed by atoms with Crippen LogP contribution in [0.5, 0.6) is 11.5 Å². The predicted octanol–water partition coefficient (Wildman–Crippen LogP) is 3.52. The zero-order chi connectivity index (χ0) is 17.4. The molecular formula is C20H23NO3. The molecule has 0 aliphatic carbocycles. The molecule has 0 aliphatic rings. The smallest absolute Gasteiger partial charge is 0.244 e. The summed E-state index contributed by atoms with van der Waals surface area (Å²) in [5.41, 5.74) is 3.10. The lowest BCUT2D eigenvalue weighted by Gasteiger charge is -2.10. The van der Waals surface area contributed by atoms with Gasteiger partial charge in [0.2, 0.25) is 5.91 Å². The number of methoxy groups -OCH3 is 1. The van der Waals surface area contributed by atoms with Crippen molar-refractivity contribution < 1.29 is 14.3 Å². The predicted molar refractivity (Wildman–Crippen MR) is 96.4 cm³/mol. The van der Waals surface area contributed by atoms with Gasteiger partial charge in [0, 0.05) is 11.6 Å². The number of nitrogens with one attached hydrogen (secondary N) is 1. The highest BCUT2D eigenvalue weighted by Gasteiger charge is 2.01. The first kappa shape index (κ1) is 17.6. The number of hydrogen-bond acceptors (Lipinski definition) is 3. The van der Waals surface area contributed by atoms with E-state index >= 15 is 0 Å². The normalized spacial score (nSPS) is 10.6. The van der Waals surface area contributed by atoms with Crippen LogP contribution in [-0.2, 0) is 4.79 Å². The number of carbonyl (C=O) groups excluding carboxylic acids is 1. The first-order valence-electron chi connectivity index (χ1n) is 7.89. The molecule has 0 atom stereocenters. The fraction of sp³-hybridized carbons (Fsp3) is 0.250. The topological polar surface area (TPSA) is 47.6 Å². The summed E-state index contributed by atoms with van der Waals surface area (Å²) < 4.78 is 11.0. The van der Waals surface area contributed by atoms with Crippen molar-refractivity contribution in [3.8, 4) is 11.5 Å². The summed E-state index contributed by atoms with van der Waals surface area (Å²) in [6.07, 6.45) is 3.23. The Morgan fingerprint density at radius 1 is 1.12 bits per heavy atom. The van der Waals surface area contributed by atoms with Gasteiger partial charge in [-0.1, -0.05) is 30.3 Å². The Morgan fingerprint density at radius 3 is 2.71 bits per heavy atom. The van der Waals surface area contributed by atoms with Crippen molar-refractivity contribution in [3.63, 3.8) is 0 Å². The molecule has 0 saturated carbocycles. The van der Waals surface area contributed by atoms with Crippen LogP contribution in [0.4, 0.5) is 0 Å². The average molecular weight is 325 g/mol. The lowest BCUT2D eigenvalue weighted by Crippen LogP contribution is -2.26. The summed E-state index contributed by atoms with van der Waals surface area (Å²) in [5, 5.41) is 2.80. The molecular weight excluding hydrogens is 302 g/mol. The molecule has 2 aromatic rings. The third kappa shape index (κ3) is 5.16.